The number of thioether (sulfide) groups is 1. The monoisotopic (exact) mass is 491 g/mol. The summed E-state index contributed by atoms with van der Waals surface area (Å²) in [6, 6.07) is 19.3. The van der Waals surface area contributed by atoms with Gasteiger partial charge in [-0.25, -0.2) is 0 Å². The van der Waals surface area contributed by atoms with Gasteiger partial charge in [-0.15, -0.1) is 23.1 Å². The van der Waals surface area contributed by atoms with Crippen LogP contribution in [0.2, 0.25) is 0 Å². The van der Waals surface area contributed by atoms with Gasteiger partial charge in [-0.05, 0) is 55.0 Å². The second kappa shape index (κ2) is 8.85. The first kappa shape index (κ1) is 22.6. The van der Waals surface area contributed by atoms with E-state index >= 15 is 0 Å². The summed E-state index contributed by atoms with van der Waals surface area (Å²) in [5.74, 6) is 0.318. The average Bonchev–Trinajstić information content (AvgIpc) is 3.45. The fourth-order valence-corrected chi connectivity index (χ4v) is 5.92. The molecule has 0 bridgehead atoms. The van der Waals surface area contributed by atoms with Crippen molar-refractivity contribution in [3.8, 4) is 5.75 Å². The molecule has 0 radical (unpaired) electrons. The molecule has 1 atom stereocenters. The van der Waals surface area contributed by atoms with Gasteiger partial charge in [-0.3, -0.25) is 14.5 Å². The van der Waals surface area contributed by atoms with E-state index in [1.54, 1.807) is 35.1 Å². The van der Waals surface area contributed by atoms with Crippen molar-refractivity contribution in [1.29, 1.82) is 0 Å². The van der Waals surface area contributed by atoms with Gasteiger partial charge in [0.05, 0.1) is 13.7 Å². The number of carbonyl (C=O) groups is 2. The predicted molar refractivity (Wildman–Crippen MR) is 138 cm³/mol. The number of hydrogen-bond donors (Lipinski definition) is 1. The summed E-state index contributed by atoms with van der Waals surface area (Å²) in [5, 5.41) is 6.10. The van der Waals surface area contributed by atoms with Crippen LogP contribution in [0.3, 0.4) is 0 Å². The van der Waals surface area contributed by atoms with Crippen molar-refractivity contribution in [2.45, 2.75) is 30.4 Å². The highest BCUT2D eigenvalue weighted by Gasteiger charge is 2.48. The fourth-order valence-electron chi connectivity index (χ4n) is 4.57. The van der Waals surface area contributed by atoms with Crippen LogP contribution in [0.1, 0.15) is 23.0 Å². The third kappa shape index (κ3) is 3.67. The summed E-state index contributed by atoms with van der Waals surface area (Å²) < 4.78 is 7.42. The van der Waals surface area contributed by atoms with E-state index in [0.717, 1.165) is 20.7 Å². The van der Waals surface area contributed by atoms with Crippen molar-refractivity contribution < 1.29 is 14.3 Å². The maximum Gasteiger partial charge on any atom is 0.275 e. The molecule has 0 saturated heterocycles. The number of thiophene rings is 1. The van der Waals surface area contributed by atoms with Crippen LogP contribution < -0.4 is 15.0 Å². The van der Waals surface area contributed by atoms with Crippen LogP contribution in [0.25, 0.3) is 10.2 Å². The van der Waals surface area contributed by atoms with Crippen molar-refractivity contribution in [3.05, 3.63) is 77.3 Å². The van der Waals surface area contributed by atoms with Crippen molar-refractivity contribution >= 4 is 50.8 Å². The van der Waals surface area contributed by atoms with Gasteiger partial charge in [0.2, 0.25) is 5.91 Å². The minimum Gasteiger partial charge on any atom is -0.496 e. The standard InChI is InChI=1S/C26H25N3O3S2/c1-26(25(31)27-15-18-7-4-5-10-22(18)32-2)16-28-21(13-17-11-12-34-24(17)28)23(30)29(26)19-8-6-9-20(14-19)33-3/h4-14H,15-16H2,1-3H3,(H,27,31)/t26-/m1/s1. The number of methoxy groups -OCH3 is 1. The van der Waals surface area contributed by atoms with Gasteiger partial charge in [-0.2, -0.15) is 0 Å². The Kier molecular flexibility index (Phi) is 5.87. The Bertz CT molecular complexity index is 1390. The van der Waals surface area contributed by atoms with Gasteiger partial charge in [-0.1, -0.05) is 24.3 Å². The normalized spacial score (nSPS) is 17.6. The summed E-state index contributed by atoms with van der Waals surface area (Å²) >= 11 is 3.19. The number of para-hydroxylation sites is 1. The van der Waals surface area contributed by atoms with Gasteiger partial charge in [0.1, 0.15) is 21.8 Å². The van der Waals surface area contributed by atoms with Crippen molar-refractivity contribution in [2.75, 3.05) is 18.3 Å². The molecule has 0 unspecified atom stereocenters. The largest absolute Gasteiger partial charge is 0.496 e. The highest BCUT2D eigenvalue weighted by molar-refractivity contribution is 7.98. The van der Waals surface area contributed by atoms with Crippen molar-refractivity contribution in [3.63, 3.8) is 0 Å². The zero-order valence-corrected chi connectivity index (χ0v) is 20.8. The van der Waals surface area contributed by atoms with E-state index in [2.05, 4.69) is 5.32 Å². The van der Waals surface area contributed by atoms with Crippen LogP contribution in [0.15, 0.2) is 70.9 Å². The van der Waals surface area contributed by atoms with Crippen LogP contribution in [0.4, 0.5) is 5.69 Å². The smallest absolute Gasteiger partial charge is 0.275 e. The van der Waals surface area contributed by atoms with Crippen molar-refractivity contribution in [1.82, 2.24) is 9.88 Å². The molecule has 1 N–H and O–H groups in total. The van der Waals surface area contributed by atoms with Crippen LogP contribution in [-0.4, -0.2) is 35.3 Å². The Hall–Kier alpha value is -3.23. The maximum atomic E-state index is 13.9. The molecule has 174 valence electrons. The molecule has 34 heavy (non-hydrogen) atoms. The van der Waals surface area contributed by atoms with E-state index in [1.165, 1.54) is 0 Å². The second-order valence-electron chi connectivity index (χ2n) is 8.41. The summed E-state index contributed by atoms with van der Waals surface area (Å²) in [5.41, 5.74) is 1.07. The molecule has 6 nitrogen and oxygen atoms in total. The van der Waals surface area contributed by atoms with Crippen molar-refractivity contribution in [2.24, 2.45) is 0 Å². The molecule has 4 aromatic rings. The first-order valence-corrected chi connectivity index (χ1v) is 13.0. The van der Waals surface area contributed by atoms with Gasteiger partial charge >= 0.3 is 0 Å². The molecule has 3 heterocycles. The SMILES string of the molecule is COc1ccccc1CNC(=O)[C@@]1(C)Cn2c(cc3ccsc32)C(=O)N1c1cccc(SC)c1. The van der Waals surface area contributed by atoms with Gasteiger partial charge < -0.3 is 14.6 Å². The quantitative estimate of drug-likeness (QED) is 0.378. The maximum absolute atomic E-state index is 13.9. The predicted octanol–water partition coefficient (Wildman–Crippen LogP) is 5.17. The number of aromatic nitrogens is 1. The molecule has 1 aliphatic heterocycles. The van der Waals surface area contributed by atoms with Crippen LogP contribution >= 0.6 is 23.1 Å². The minimum atomic E-state index is -1.13. The summed E-state index contributed by atoms with van der Waals surface area (Å²) in [7, 11) is 1.61. The molecule has 2 aromatic heterocycles. The number of rotatable bonds is 6. The molecule has 2 amide bonds. The van der Waals surface area contributed by atoms with Crippen LogP contribution in [0.5, 0.6) is 5.75 Å². The first-order chi connectivity index (χ1) is 16.5. The number of amides is 2. The Morgan fingerprint density at radius 3 is 2.79 bits per heavy atom. The fraction of sp³-hybridized carbons (Fsp3) is 0.231. The zero-order chi connectivity index (χ0) is 23.9. The first-order valence-electron chi connectivity index (χ1n) is 10.9. The number of hydrogen-bond acceptors (Lipinski definition) is 5. The van der Waals surface area contributed by atoms with Gasteiger partial charge in [0.25, 0.3) is 5.91 Å². The number of ether oxygens (including phenoxy) is 1. The number of carbonyl (C=O) groups excluding carboxylic acids is 2. The van der Waals surface area contributed by atoms with E-state index in [0.29, 0.717) is 30.2 Å². The number of fused-ring (bicyclic) bond motifs is 3. The topological polar surface area (TPSA) is 63.6 Å². The Labute approximate surface area is 206 Å². The summed E-state index contributed by atoms with van der Waals surface area (Å²) in [6.45, 7) is 2.51. The lowest BCUT2D eigenvalue weighted by atomic mass is 9.93. The number of anilines is 1. The summed E-state index contributed by atoms with van der Waals surface area (Å²) in [4.78, 5) is 31.4. The molecule has 8 heteroatoms. The molecule has 5 rings (SSSR count). The second-order valence-corrected chi connectivity index (χ2v) is 10.2. The Morgan fingerprint density at radius 2 is 2.00 bits per heavy atom. The lowest BCUT2D eigenvalue weighted by molar-refractivity contribution is -0.126. The van der Waals surface area contributed by atoms with Crippen LogP contribution in [0, 0.1) is 0 Å². The molecule has 0 saturated carbocycles. The number of nitrogens with one attached hydrogen (secondary N) is 1. The molecule has 0 spiro atoms. The van der Waals surface area contributed by atoms with E-state index < -0.39 is 5.54 Å². The molecular formula is C26H25N3O3S2. The highest BCUT2D eigenvalue weighted by Crippen LogP contribution is 2.38. The van der Waals surface area contributed by atoms with E-state index in [4.69, 9.17) is 4.74 Å². The number of nitrogens with zero attached hydrogens (tertiary/aromatic N) is 2. The Morgan fingerprint density at radius 1 is 1.18 bits per heavy atom. The molecule has 0 aliphatic carbocycles. The molecule has 1 aliphatic rings. The third-order valence-electron chi connectivity index (χ3n) is 6.32. The zero-order valence-electron chi connectivity index (χ0n) is 19.2. The van der Waals surface area contributed by atoms with Gasteiger partial charge in [0.15, 0.2) is 0 Å². The third-order valence-corrected chi connectivity index (χ3v) is 7.99. The lowest BCUT2D eigenvalue weighted by Gasteiger charge is -2.44. The Balaban J connectivity index is 1.56. The lowest BCUT2D eigenvalue weighted by Crippen LogP contribution is -2.64. The van der Waals surface area contributed by atoms with Gasteiger partial charge in [0, 0.05) is 28.1 Å². The van der Waals surface area contributed by atoms with Crippen LogP contribution in [-0.2, 0) is 17.9 Å². The molecule has 0 fully saturated rings. The molecule has 2 aromatic carbocycles. The number of benzene rings is 2. The van der Waals surface area contributed by atoms with E-state index in [-0.39, 0.29) is 11.8 Å². The highest BCUT2D eigenvalue weighted by atomic mass is 32.2. The average molecular weight is 492 g/mol. The van der Waals surface area contributed by atoms with E-state index in [1.807, 2.05) is 83.8 Å². The molecular weight excluding hydrogens is 466 g/mol. The van der Waals surface area contributed by atoms with E-state index in [9.17, 15) is 9.59 Å². The minimum absolute atomic E-state index is 0.178. The summed E-state index contributed by atoms with van der Waals surface area (Å²) in [6.07, 6.45) is 2.00.